The lowest BCUT2D eigenvalue weighted by Gasteiger charge is -2.09. The molecule has 0 aliphatic carbocycles. The molecular weight excluding hydrogens is 282 g/mol. The fraction of sp³-hybridized carbons (Fsp3) is 0.200. The monoisotopic (exact) mass is 301 g/mol. The maximum atomic E-state index is 4.77. The van der Waals surface area contributed by atoms with Crippen LogP contribution in [0.3, 0.4) is 0 Å². The highest BCUT2D eigenvalue weighted by molar-refractivity contribution is 6.07. The van der Waals surface area contributed by atoms with Crippen molar-refractivity contribution in [3.63, 3.8) is 0 Å². The summed E-state index contributed by atoms with van der Waals surface area (Å²) < 4.78 is 2.33. The highest BCUT2D eigenvalue weighted by Crippen LogP contribution is 2.31. The minimum absolute atomic E-state index is 0.575. The third-order valence-electron chi connectivity index (χ3n) is 4.12. The predicted molar refractivity (Wildman–Crippen MR) is 95.3 cm³/mol. The molecule has 0 aliphatic heterocycles. The summed E-state index contributed by atoms with van der Waals surface area (Å²) in [5.74, 6) is 0.575. The molecule has 1 aromatic carbocycles. The molecule has 3 aromatic heterocycles. The number of benzene rings is 1. The average molecular weight is 301 g/mol. The summed E-state index contributed by atoms with van der Waals surface area (Å²) in [7, 11) is 0. The number of hydrogen-bond donors (Lipinski definition) is 0. The molecule has 3 heteroatoms. The Bertz CT molecular complexity index is 968. The van der Waals surface area contributed by atoms with Crippen LogP contribution in [0.2, 0.25) is 0 Å². The van der Waals surface area contributed by atoms with Crippen LogP contribution < -0.4 is 0 Å². The van der Waals surface area contributed by atoms with Crippen LogP contribution in [0.1, 0.15) is 13.8 Å². The molecule has 0 atom stereocenters. The van der Waals surface area contributed by atoms with Crippen LogP contribution in [-0.2, 0) is 6.54 Å². The Labute approximate surface area is 135 Å². The number of aromatic nitrogens is 3. The second-order valence-electron chi connectivity index (χ2n) is 6.33. The van der Waals surface area contributed by atoms with E-state index in [0.717, 1.165) is 23.4 Å². The van der Waals surface area contributed by atoms with Crippen molar-refractivity contribution in [2.45, 2.75) is 20.4 Å². The van der Waals surface area contributed by atoms with Crippen LogP contribution in [0.5, 0.6) is 0 Å². The first-order chi connectivity index (χ1) is 11.2. The van der Waals surface area contributed by atoms with Gasteiger partial charge in [0.15, 0.2) is 0 Å². The summed E-state index contributed by atoms with van der Waals surface area (Å²) in [5, 5.41) is 2.46. The van der Waals surface area contributed by atoms with E-state index in [-0.39, 0.29) is 0 Å². The fourth-order valence-electron chi connectivity index (χ4n) is 3.15. The lowest BCUT2D eigenvalue weighted by molar-refractivity contribution is 0.543. The summed E-state index contributed by atoms with van der Waals surface area (Å²) in [6.45, 7) is 5.45. The highest BCUT2D eigenvalue weighted by Gasteiger charge is 2.13. The van der Waals surface area contributed by atoms with Crippen LogP contribution in [0.15, 0.2) is 60.9 Å². The first-order valence-electron chi connectivity index (χ1n) is 8.02. The van der Waals surface area contributed by atoms with E-state index in [1.165, 1.54) is 16.3 Å². The van der Waals surface area contributed by atoms with Gasteiger partial charge in [-0.05, 0) is 30.2 Å². The van der Waals surface area contributed by atoms with Gasteiger partial charge in [-0.15, -0.1) is 0 Å². The van der Waals surface area contributed by atoms with Crippen molar-refractivity contribution < 1.29 is 0 Å². The lowest BCUT2D eigenvalue weighted by Crippen LogP contribution is -2.04. The molecule has 0 radical (unpaired) electrons. The van der Waals surface area contributed by atoms with Crippen molar-refractivity contribution in [1.82, 2.24) is 14.5 Å². The van der Waals surface area contributed by atoms with Crippen molar-refractivity contribution in [3.8, 4) is 11.3 Å². The van der Waals surface area contributed by atoms with E-state index in [0.29, 0.717) is 5.92 Å². The van der Waals surface area contributed by atoms with E-state index < -0.39 is 0 Å². The molecule has 0 N–H and O–H groups in total. The number of rotatable bonds is 3. The van der Waals surface area contributed by atoms with Gasteiger partial charge in [-0.3, -0.25) is 4.98 Å². The van der Waals surface area contributed by atoms with E-state index in [1.807, 2.05) is 30.6 Å². The Balaban J connectivity index is 2.00. The highest BCUT2D eigenvalue weighted by atomic mass is 15.0. The van der Waals surface area contributed by atoms with E-state index >= 15 is 0 Å². The van der Waals surface area contributed by atoms with Gasteiger partial charge in [0.2, 0.25) is 0 Å². The Morgan fingerprint density at radius 3 is 2.57 bits per heavy atom. The molecular formula is C20H19N3. The van der Waals surface area contributed by atoms with Gasteiger partial charge >= 0.3 is 0 Å². The summed E-state index contributed by atoms with van der Waals surface area (Å²) in [6.07, 6.45) is 3.75. The van der Waals surface area contributed by atoms with E-state index in [4.69, 9.17) is 4.98 Å². The van der Waals surface area contributed by atoms with Crippen LogP contribution in [-0.4, -0.2) is 14.5 Å². The number of hydrogen-bond acceptors (Lipinski definition) is 2. The first-order valence-corrected chi connectivity index (χ1v) is 8.02. The minimum atomic E-state index is 0.575. The summed E-state index contributed by atoms with van der Waals surface area (Å²) >= 11 is 0. The molecule has 0 spiro atoms. The SMILES string of the molecule is CC(C)Cn1c2ccccc2c2cc(-c3ccccn3)cnc21. The molecule has 0 fully saturated rings. The number of nitrogens with zero attached hydrogens (tertiary/aromatic N) is 3. The maximum absolute atomic E-state index is 4.77. The van der Waals surface area contributed by atoms with Crippen molar-refractivity contribution >= 4 is 21.9 Å². The maximum Gasteiger partial charge on any atom is 0.140 e. The molecule has 114 valence electrons. The standard InChI is InChI=1S/C20H19N3/c1-14(2)13-23-19-9-4-3-7-16(19)17-11-15(12-22-20(17)23)18-8-5-6-10-21-18/h3-12,14H,13H2,1-2H3. The first kappa shape index (κ1) is 13.9. The normalized spacial score (nSPS) is 11.6. The summed E-state index contributed by atoms with van der Waals surface area (Å²) in [6, 6.07) is 16.7. The lowest BCUT2D eigenvalue weighted by atomic mass is 10.1. The van der Waals surface area contributed by atoms with Crippen LogP contribution in [0, 0.1) is 5.92 Å². The number of para-hydroxylation sites is 1. The second-order valence-corrected chi connectivity index (χ2v) is 6.33. The van der Waals surface area contributed by atoms with Gasteiger partial charge in [0.05, 0.1) is 11.2 Å². The van der Waals surface area contributed by atoms with Crippen molar-refractivity contribution in [3.05, 3.63) is 60.9 Å². The smallest absolute Gasteiger partial charge is 0.140 e. The molecule has 0 unspecified atom stereocenters. The second kappa shape index (κ2) is 5.51. The fourth-order valence-corrected chi connectivity index (χ4v) is 3.15. The van der Waals surface area contributed by atoms with Gasteiger partial charge < -0.3 is 4.57 Å². The van der Waals surface area contributed by atoms with Gasteiger partial charge in [0.25, 0.3) is 0 Å². The molecule has 23 heavy (non-hydrogen) atoms. The van der Waals surface area contributed by atoms with Crippen molar-refractivity contribution in [1.29, 1.82) is 0 Å². The van der Waals surface area contributed by atoms with Gasteiger partial charge in [-0.1, -0.05) is 38.1 Å². The summed E-state index contributed by atoms with van der Waals surface area (Å²) in [4.78, 5) is 9.21. The Kier molecular flexibility index (Phi) is 3.34. The van der Waals surface area contributed by atoms with Gasteiger partial charge in [-0.25, -0.2) is 4.98 Å². The molecule has 0 saturated carbocycles. The zero-order valence-electron chi connectivity index (χ0n) is 13.4. The van der Waals surface area contributed by atoms with Crippen molar-refractivity contribution in [2.75, 3.05) is 0 Å². The molecule has 3 nitrogen and oxygen atoms in total. The summed E-state index contributed by atoms with van der Waals surface area (Å²) in [5.41, 5.74) is 4.33. The molecule has 4 aromatic rings. The predicted octanol–water partition coefficient (Wildman–Crippen LogP) is 4.91. The number of fused-ring (bicyclic) bond motifs is 3. The largest absolute Gasteiger partial charge is 0.325 e. The Hall–Kier alpha value is -2.68. The van der Waals surface area contributed by atoms with E-state index in [2.05, 4.69) is 53.7 Å². The number of pyridine rings is 2. The Morgan fingerprint density at radius 1 is 0.957 bits per heavy atom. The zero-order chi connectivity index (χ0) is 15.8. The molecule has 0 aliphatic rings. The average Bonchev–Trinajstić information content (AvgIpc) is 2.89. The van der Waals surface area contributed by atoms with E-state index in [1.54, 1.807) is 0 Å². The topological polar surface area (TPSA) is 30.7 Å². The van der Waals surface area contributed by atoms with Gasteiger partial charge in [0, 0.05) is 35.3 Å². The third-order valence-corrected chi connectivity index (χ3v) is 4.12. The van der Waals surface area contributed by atoms with E-state index in [9.17, 15) is 0 Å². The molecule has 3 heterocycles. The molecule has 0 amide bonds. The van der Waals surface area contributed by atoms with Crippen LogP contribution in [0.25, 0.3) is 33.2 Å². The van der Waals surface area contributed by atoms with Crippen LogP contribution in [0.4, 0.5) is 0 Å². The third kappa shape index (κ3) is 2.38. The molecule has 0 bridgehead atoms. The van der Waals surface area contributed by atoms with Gasteiger partial charge in [0.1, 0.15) is 5.65 Å². The molecule has 4 rings (SSSR count). The Morgan fingerprint density at radius 2 is 1.78 bits per heavy atom. The van der Waals surface area contributed by atoms with Crippen LogP contribution >= 0.6 is 0 Å². The zero-order valence-corrected chi connectivity index (χ0v) is 13.4. The quantitative estimate of drug-likeness (QED) is 0.538. The molecule has 0 saturated heterocycles. The van der Waals surface area contributed by atoms with Crippen molar-refractivity contribution in [2.24, 2.45) is 5.92 Å². The minimum Gasteiger partial charge on any atom is -0.325 e. The van der Waals surface area contributed by atoms with Gasteiger partial charge in [-0.2, -0.15) is 0 Å².